The predicted octanol–water partition coefficient (Wildman–Crippen LogP) is 4.38. The minimum absolute atomic E-state index is 0.0591. The third-order valence-corrected chi connectivity index (χ3v) is 5.82. The van der Waals surface area contributed by atoms with Gasteiger partial charge in [0.05, 0.1) is 10.6 Å². The highest BCUT2D eigenvalue weighted by atomic mass is 32.2. The van der Waals surface area contributed by atoms with E-state index in [1.807, 2.05) is 30.3 Å². The first kappa shape index (κ1) is 17.2. The van der Waals surface area contributed by atoms with Crippen LogP contribution in [0.5, 0.6) is 0 Å². The van der Waals surface area contributed by atoms with Gasteiger partial charge in [-0.2, -0.15) is 4.98 Å². The van der Waals surface area contributed by atoms with Gasteiger partial charge in [0.1, 0.15) is 0 Å². The average molecular weight is 376 g/mol. The lowest BCUT2D eigenvalue weighted by atomic mass is 10.1. The minimum Gasteiger partial charge on any atom is -0.334 e. The summed E-state index contributed by atoms with van der Waals surface area (Å²) in [7, 11) is -3.37. The van der Waals surface area contributed by atoms with Crippen molar-refractivity contribution in [2.24, 2.45) is 0 Å². The molecule has 0 saturated carbocycles. The molecule has 134 valence electrons. The molecule has 1 heterocycles. The lowest BCUT2D eigenvalue weighted by Gasteiger charge is -2.05. The average Bonchev–Trinajstić information content (AvgIpc) is 3.20. The Balaban J connectivity index is 1.54. The molecule has 4 aromatic rings. The van der Waals surface area contributed by atoms with Gasteiger partial charge < -0.3 is 4.52 Å². The first-order valence-corrected chi connectivity index (χ1v) is 10.0. The van der Waals surface area contributed by atoms with Crippen LogP contribution in [0, 0.1) is 0 Å². The van der Waals surface area contributed by atoms with E-state index in [0.717, 1.165) is 11.1 Å². The fraction of sp³-hybridized carbons (Fsp3) is 0.0476. The van der Waals surface area contributed by atoms with E-state index < -0.39 is 9.84 Å². The summed E-state index contributed by atoms with van der Waals surface area (Å²) in [6, 6.07) is 25.1. The highest BCUT2D eigenvalue weighted by molar-refractivity contribution is 7.90. The molecule has 0 radical (unpaired) electrons. The maximum atomic E-state index is 12.5. The summed E-state index contributed by atoms with van der Waals surface area (Å²) in [5.41, 5.74) is 2.31. The zero-order chi connectivity index (χ0) is 18.7. The molecule has 27 heavy (non-hydrogen) atoms. The molecule has 0 N–H and O–H groups in total. The van der Waals surface area contributed by atoms with Crippen LogP contribution >= 0.6 is 0 Å². The molecule has 0 amide bonds. The highest BCUT2D eigenvalue weighted by Gasteiger charge is 2.15. The molecule has 6 heteroatoms. The summed E-state index contributed by atoms with van der Waals surface area (Å²) in [5.74, 6) is 0.851. The number of benzene rings is 3. The second kappa shape index (κ2) is 7.17. The molecular formula is C21H16N2O3S. The van der Waals surface area contributed by atoms with Crippen LogP contribution < -0.4 is 0 Å². The molecule has 5 nitrogen and oxygen atoms in total. The molecule has 0 unspecified atom stereocenters. The number of sulfone groups is 1. The highest BCUT2D eigenvalue weighted by Crippen LogP contribution is 2.23. The van der Waals surface area contributed by atoms with Gasteiger partial charge in [-0.25, -0.2) is 8.42 Å². The molecule has 0 aliphatic carbocycles. The van der Waals surface area contributed by atoms with Gasteiger partial charge in [0.15, 0.2) is 9.84 Å². The molecule has 0 bridgehead atoms. The number of hydrogen-bond acceptors (Lipinski definition) is 5. The van der Waals surface area contributed by atoms with Crippen molar-refractivity contribution in [3.05, 3.63) is 90.5 Å². The number of rotatable bonds is 5. The van der Waals surface area contributed by atoms with Crippen LogP contribution in [0.25, 0.3) is 22.8 Å². The molecule has 0 aliphatic heterocycles. The van der Waals surface area contributed by atoms with E-state index in [9.17, 15) is 8.42 Å². The maximum absolute atomic E-state index is 12.5. The molecule has 0 spiro atoms. The second-order valence-electron chi connectivity index (χ2n) is 6.06. The molecule has 4 rings (SSSR count). The van der Waals surface area contributed by atoms with Crippen molar-refractivity contribution in [2.75, 3.05) is 0 Å². The maximum Gasteiger partial charge on any atom is 0.258 e. The first-order valence-electron chi connectivity index (χ1n) is 8.38. The van der Waals surface area contributed by atoms with E-state index in [2.05, 4.69) is 10.1 Å². The fourth-order valence-electron chi connectivity index (χ4n) is 2.72. The van der Waals surface area contributed by atoms with Crippen LogP contribution in [0.15, 0.2) is 94.3 Å². The van der Waals surface area contributed by atoms with Gasteiger partial charge in [-0.05, 0) is 29.8 Å². The van der Waals surface area contributed by atoms with Gasteiger partial charge in [0.25, 0.3) is 5.89 Å². The van der Waals surface area contributed by atoms with Crippen molar-refractivity contribution in [1.82, 2.24) is 10.1 Å². The van der Waals surface area contributed by atoms with E-state index in [4.69, 9.17) is 4.52 Å². The van der Waals surface area contributed by atoms with Gasteiger partial charge in [0, 0.05) is 11.1 Å². The van der Waals surface area contributed by atoms with E-state index >= 15 is 0 Å². The number of aromatic nitrogens is 2. The van der Waals surface area contributed by atoms with Crippen molar-refractivity contribution in [3.8, 4) is 22.8 Å². The lowest BCUT2D eigenvalue weighted by molar-refractivity contribution is 0.432. The van der Waals surface area contributed by atoms with Gasteiger partial charge >= 0.3 is 0 Å². The molecular weight excluding hydrogens is 360 g/mol. The summed E-state index contributed by atoms with van der Waals surface area (Å²) in [6.45, 7) is 0. The first-order chi connectivity index (χ1) is 13.1. The van der Waals surface area contributed by atoms with Gasteiger partial charge in [-0.3, -0.25) is 0 Å². The molecule has 1 aromatic heterocycles. The van der Waals surface area contributed by atoms with E-state index in [0.29, 0.717) is 22.2 Å². The van der Waals surface area contributed by atoms with Crippen LogP contribution in [-0.2, 0) is 15.6 Å². The normalized spacial score (nSPS) is 11.4. The molecule has 0 saturated heterocycles. The summed E-state index contributed by atoms with van der Waals surface area (Å²) in [4.78, 5) is 4.72. The Hall–Kier alpha value is -3.25. The second-order valence-corrected chi connectivity index (χ2v) is 8.05. The van der Waals surface area contributed by atoms with Gasteiger partial charge in [-0.15, -0.1) is 0 Å². The number of hydrogen-bond donors (Lipinski definition) is 0. The Kier molecular flexibility index (Phi) is 4.56. The summed E-state index contributed by atoms with van der Waals surface area (Å²) >= 11 is 0. The molecule has 0 aliphatic rings. The van der Waals surface area contributed by atoms with Crippen molar-refractivity contribution < 1.29 is 12.9 Å². The summed E-state index contributed by atoms with van der Waals surface area (Å²) in [6.07, 6.45) is 0. The summed E-state index contributed by atoms with van der Waals surface area (Å²) in [5, 5.41) is 4.00. The third kappa shape index (κ3) is 3.80. The Morgan fingerprint density at radius 3 is 2.04 bits per heavy atom. The lowest BCUT2D eigenvalue weighted by Crippen LogP contribution is -2.04. The molecule has 0 fully saturated rings. The van der Waals surface area contributed by atoms with Crippen LogP contribution in [-0.4, -0.2) is 18.6 Å². The van der Waals surface area contributed by atoms with Crippen LogP contribution in [0.3, 0.4) is 0 Å². The smallest absolute Gasteiger partial charge is 0.258 e. The van der Waals surface area contributed by atoms with Gasteiger partial charge in [0.2, 0.25) is 5.82 Å². The molecule has 3 aromatic carbocycles. The van der Waals surface area contributed by atoms with Crippen LogP contribution in [0.4, 0.5) is 0 Å². The SMILES string of the molecule is O=S(=O)(Cc1ccc(-c2nc(-c3ccccc3)no2)cc1)c1ccccc1. The monoisotopic (exact) mass is 376 g/mol. The zero-order valence-electron chi connectivity index (χ0n) is 14.3. The van der Waals surface area contributed by atoms with Crippen LogP contribution in [0.1, 0.15) is 5.56 Å². The van der Waals surface area contributed by atoms with Gasteiger partial charge in [-0.1, -0.05) is 65.8 Å². The fourth-order valence-corrected chi connectivity index (χ4v) is 4.09. The topological polar surface area (TPSA) is 73.1 Å². The Labute approximate surface area is 157 Å². The third-order valence-electron chi connectivity index (χ3n) is 4.12. The van der Waals surface area contributed by atoms with E-state index in [-0.39, 0.29) is 5.75 Å². The van der Waals surface area contributed by atoms with Crippen molar-refractivity contribution in [2.45, 2.75) is 10.6 Å². The summed E-state index contributed by atoms with van der Waals surface area (Å²) < 4.78 is 30.3. The van der Waals surface area contributed by atoms with E-state index in [1.165, 1.54) is 0 Å². The largest absolute Gasteiger partial charge is 0.334 e. The predicted molar refractivity (Wildman–Crippen MR) is 103 cm³/mol. The quantitative estimate of drug-likeness (QED) is 0.517. The van der Waals surface area contributed by atoms with Crippen molar-refractivity contribution in [3.63, 3.8) is 0 Å². The Bertz CT molecular complexity index is 1140. The number of nitrogens with zero attached hydrogens (tertiary/aromatic N) is 2. The molecule has 0 atom stereocenters. The van der Waals surface area contributed by atoms with E-state index in [1.54, 1.807) is 54.6 Å². The van der Waals surface area contributed by atoms with Crippen molar-refractivity contribution >= 4 is 9.84 Å². The van der Waals surface area contributed by atoms with Crippen LogP contribution in [0.2, 0.25) is 0 Å². The zero-order valence-corrected chi connectivity index (χ0v) is 15.1. The minimum atomic E-state index is -3.37. The Morgan fingerprint density at radius 2 is 1.37 bits per heavy atom. The van der Waals surface area contributed by atoms with Crippen molar-refractivity contribution in [1.29, 1.82) is 0 Å². The standard InChI is InChI=1S/C21H16N2O3S/c24-27(25,19-9-5-2-6-10-19)15-16-11-13-18(14-12-16)21-22-20(23-26-21)17-7-3-1-4-8-17/h1-14H,15H2. The Morgan fingerprint density at radius 1 is 0.741 bits per heavy atom.